The summed E-state index contributed by atoms with van der Waals surface area (Å²) in [6, 6.07) is 6.85. The molecule has 0 aliphatic carbocycles. The van der Waals surface area contributed by atoms with Gasteiger partial charge in [0.05, 0.1) is 14.2 Å². The minimum absolute atomic E-state index is 0.223. The summed E-state index contributed by atoms with van der Waals surface area (Å²) < 4.78 is 10.7. The predicted molar refractivity (Wildman–Crippen MR) is 85.0 cm³/mol. The van der Waals surface area contributed by atoms with E-state index in [2.05, 4.69) is 29.8 Å². The van der Waals surface area contributed by atoms with Crippen molar-refractivity contribution in [1.29, 1.82) is 0 Å². The van der Waals surface area contributed by atoms with E-state index < -0.39 is 0 Å². The molecule has 5 nitrogen and oxygen atoms in total. The predicted octanol–water partition coefficient (Wildman–Crippen LogP) is 1.34. The molecule has 2 N–H and O–H groups in total. The molecule has 21 heavy (non-hydrogen) atoms. The molecule has 1 aromatic carbocycles. The Bertz CT molecular complexity index is 467. The molecule has 118 valence electrons. The van der Waals surface area contributed by atoms with Gasteiger partial charge in [-0.25, -0.2) is 0 Å². The molecule has 1 fully saturated rings. The van der Waals surface area contributed by atoms with Crippen molar-refractivity contribution in [3.05, 3.63) is 23.8 Å². The Hall–Kier alpha value is -1.30. The Balaban J connectivity index is 2.21. The average molecular weight is 293 g/mol. The van der Waals surface area contributed by atoms with Gasteiger partial charge >= 0.3 is 0 Å². The van der Waals surface area contributed by atoms with E-state index in [1.165, 1.54) is 5.56 Å². The molecule has 2 atom stereocenters. The second kappa shape index (κ2) is 7.11. The Morgan fingerprint density at radius 1 is 1.24 bits per heavy atom. The lowest BCUT2D eigenvalue weighted by Gasteiger charge is -2.41. The van der Waals surface area contributed by atoms with Crippen molar-refractivity contribution in [2.24, 2.45) is 5.73 Å². The maximum Gasteiger partial charge on any atom is 0.161 e. The van der Waals surface area contributed by atoms with Gasteiger partial charge in [0.2, 0.25) is 0 Å². The van der Waals surface area contributed by atoms with Crippen molar-refractivity contribution in [3.8, 4) is 11.5 Å². The second-order valence-electron chi connectivity index (χ2n) is 5.69. The molecule has 1 saturated heterocycles. The van der Waals surface area contributed by atoms with E-state index in [1.807, 2.05) is 12.1 Å². The Morgan fingerprint density at radius 2 is 1.95 bits per heavy atom. The zero-order valence-electron chi connectivity index (χ0n) is 13.5. The van der Waals surface area contributed by atoms with Crippen LogP contribution in [0.25, 0.3) is 0 Å². The van der Waals surface area contributed by atoms with Crippen LogP contribution in [-0.4, -0.2) is 63.3 Å². The Labute approximate surface area is 127 Å². The number of likely N-dealkylation sites (N-methyl/N-ethyl adjacent to an activating group) is 1. The molecule has 0 amide bonds. The molecular weight excluding hydrogens is 266 g/mol. The summed E-state index contributed by atoms with van der Waals surface area (Å²) in [4.78, 5) is 4.85. The topological polar surface area (TPSA) is 51.0 Å². The van der Waals surface area contributed by atoms with Gasteiger partial charge in [-0.1, -0.05) is 6.07 Å². The van der Waals surface area contributed by atoms with Crippen LogP contribution in [0.3, 0.4) is 0 Å². The van der Waals surface area contributed by atoms with Crippen molar-refractivity contribution in [2.75, 3.05) is 47.4 Å². The van der Waals surface area contributed by atoms with Crippen LogP contribution in [0, 0.1) is 0 Å². The highest BCUT2D eigenvalue weighted by Gasteiger charge is 2.27. The van der Waals surface area contributed by atoms with E-state index >= 15 is 0 Å². The van der Waals surface area contributed by atoms with E-state index in [4.69, 9.17) is 15.2 Å². The zero-order valence-corrected chi connectivity index (χ0v) is 13.5. The molecule has 0 aromatic heterocycles. The molecule has 1 heterocycles. The van der Waals surface area contributed by atoms with Crippen molar-refractivity contribution < 1.29 is 9.47 Å². The van der Waals surface area contributed by atoms with Crippen LogP contribution in [0.1, 0.15) is 18.5 Å². The first kappa shape index (κ1) is 16.1. The first-order chi connectivity index (χ1) is 10.1. The lowest BCUT2D eigenvalue weighted by atomic mass is 10.0. The number of ether oxygens (including phenoxy) is 2. The van der Waals surface area contributed by atoms with Gasteiger partial charge in [0.1, 0.15) is 0 Å². The molecule has 1 aliphatic heterocycles. The quantitative estimate of drug-likeness (QED) is 0.888. The van der Waals surface area contributed by atoms with Crippen LogP contribution in [-0.2, 0) is 0 Å². The number of methoxy groups -OCH3 is 2. The molecule has 2 rings (SSSR count). The minimum Gasteiger partial charge on any atom is -0.493 e. The lowest BCUT2D eigenvalue weighted by molar-refractivity contribution is 0.0740. The Morgan fingerprint density at radius 3 is 2.52 bits per heavy atom. The average Bonchev–Trinajstić information content (AvgIpc) is 2.51. The number of benzene rings is 1. The molecule has 1 aromatic rings. The summed E-state index contributed by atoms with van der Waals surface area (Å²) in [6.07, 6.45) is 0. The standard InChI is InChI=1S/C16H27N3O2/c1-12-11-19(8-7-18(12)2)14(10-17)13-5-6-15(20-3)16(9-13)21-4/h5-6,9,12,14H,7-8,10-11,17H2,1-4H3. The van der Waals surface area contributed by atoms with Gasteiger partial charge in [0.25, 0.3) is 0 Å². The zero-order chi connectivity index (χ0) is 15.4. The van der Waals surface area contributed by atoms with E-state index in [9.17, 15) is 0 Å². The van der Waals surface area contributed by atoms with Crippen molar-refractivity contribution in [2.45, 2.75) is 19.0 Å². The third-order valence-corrected chi connectivity index (χ3v) is 4.45. The lowest BCUT2D eigenvalue weighted by Crippen LogP contribution is -2.52. The van der Waals surface area contributed by atoms with Gasteiger partial charge in [-0.15, -0.1) is 0 Å². The molecule has 0 radical (unpaired) electrons. The summed E-state index contributed by atoms with van der Waals surface area (Å²) in [5.74, 6) is 1.51. The maximum atomic E-state index is 6.05. The summed E-state index contributed by atoms with van der Waals surface area (Å²) >= 11 is 0. The van der Waals surface area contributed by atoms with Gasteiger partial charge < -0.3 is 20.1 Å². The molecular formula is C16H27N3O2. The normalized spacial score (nSPS) is 22.0. The first-order valence-electron chi connectivity index (χ1n) is 7.47. The largest absolute Gasteiger partial charge is 0.493 e. The molecule has 5 heteroatoms. The van der Waals surface area contributed by atoms with E-state index in [0.717, 1.165) is 31.1 Å². The van der Waals surface area contributed by atoms with Crippen LogP contribution in [0.5, 0.6) is 11.5 Å². The third kappa shape index (κ3) is 3.48. The van der Waals surface area contributed by atoms with Gasteiger partial charge in [0, 0.05) is 38.3 Å². The fraction of sp³-hybridized carbons (Fsp3) is 0.625. The van der Waals surface area contributed by atoms with Crippen LogP contribution in [0.4, 0.5) is 0 Å². The molecule has 0 bridgehead atoms. The Kier molecular flexibility index (Phi) is 5.45. The highest BCUT2D eigenvalue weighted by molar-refractivity contribution is 5.44. The summed E-state index contributed by atoms with van der Waals surface area (Å²) in [5.41, 5.74) is 7.24. The summed E-state index contributed by atoms with van der Waals surface area (Å²) in [5, 5.41) is 0. The fourth-order valence-electron chi connectivity index (χ4n) is 2.92. The van der Waals surface area contributed by atoms with E-state index in [-0.39, 0.29) is 6.04 Å². The van der Waals surface area contributed by atoms with Gasteiger partial charge in [-0.3, -0.25) is 4.90 Å². The van der Waals surface area contributed by atoms with Crippen LogP contribution < -0.4 is 15.2 Å². The van der Waals surface area contributed by atoms with Crippen LogP contribution >= 0.6 is 0 Å². The third-order valence-electron chi connectivity index (χ3n) is 4.45. The number of nitrogens with zero attached hydrogens (tertiary/aromatic N) is 2. The monoisotopic (exact) mass is 293 g/mol. The molecule has 2 unspecified atom stereocenters. The number of nitrogens with two attached hydrogens (primary N) is 1. The van der Waals surface area contributed by atoms with Crippen molar-refractivity contribution in [1.82, 2.24) is 9.80 Å². The SMILES string of the molecule is COc1ccc(C(CN)N2CCN(C)C(C)C2)cc1OC. The highest BCUT2D eigenvalue weighted by Crippen LogP contribution is 2.32. The van der Waals surface area contributed by atoms with E-state index in [0.29, 0.717) is 12.6 Å². The second-order valence-corrected chi connectivity index (χ2v) is 5.69. The van der Waals surface area contributed by atoms with E-state index in [1.54, 1.807) is 14.2 Å². The fourth-order valence-corrected chi connectivity index (χ4v) is 2.92. The number of hydrogen-bond acceptors (Lipinski definition) is 5. The van der Waals surface area contributed by atoms with Gasteiger partial charge in [-0.2, -0.15) is 0 Å². The van der Waals surface area contributed by atoms with Crippen molar-refractivity contribution in [3.63, 3.8) is 0 Å². The highest BCUT2D eigenvalue weighted by atomic mass is 16.5. The molecule has 0 spiro atoms. The summed E-state index contributed by atoms with van der Waals surface area (Å²) in [6.45, 7) is 6.01. The summed E-state index contributed by atoms with van der Waals surface area (Å²) in [7, 11) is 5.49. The molecule has 0 saturated carbocycles. The number of rotatable bonds is 5. The van der Waals surface area contributed by atoms with Crippen molar-refractivity contribution >= 4 is 0 Å². The van der Waals surface area contributed by atoms with Crippen LogP contribution in [0.15, 0.2) is 18.2 Å². The number of hydrogen-bond donors (Lipinski definition) is 1. The molecule has 1 aliphatic rings. The minimum atomic E-state index is 0.223. The maximum absolute atomic E-state index is 6.05. The van der Waals surface area contributed by atoms with Gasteiger partial charge in [-0.05, 0) is 31.7 Å². The smallest absolute Gasteiger partial charge is 0.161 e. The number of piperazine rings is 1. The first-order valence-corrected chi connectivity index (χ1v) is 7.47. The van der Waals surface area contributed by atoms with Crippen LogP contribution in [0.2, 0.25) is 0 Å². The van der Waals surface area contributed by atoms with Gasteiger partial charge in [0.15, 0.2) is 11.5 Å².